The number of hydrazine groups is 1. The van der Waals surface area contributed by atoms with Crippen molar-refractivity contribution in [3.05, 3.63) is 35.4 Å². The van der Waals surface area contributed by atoms with Crippen LogP contribution in [0.1, 0.15) is 36.4 Å². The Labute approximate surface area is 115 Å². The van der Waals surface area contributed by atoms with Gasteiger partial charge in [-0.2, -0.15) is 13.2 Å². The fraction of sp³-hybridized carbons (Fsp3) is 0.571. The number of benzene rings is 1. The van der Waals surface area contributed by atoms with Crippen molar-refractivity contribution in [1.29, 1.82) is 0 Å². The highest BCUT2D eigenvalue weighted by atomic mass is 19.4. The number of hydrogen-bond donors (Lipinski definition) is 3. The highest BCUT2D eigenvalue weighted by molar-refractivity contribution is 5.28. The Morgan fingerprint density at radius 3 is 2.40 bits per heavy atom. The molecule has 0 radical (unpaired) electrons. The van der Waals surface area contributed by atoms with Crippen LogP contribution in [0.25, 0.3) is 0 Å². The maximum atomic E-state index is 12.6. The molecule has 110 valence electrons. The van der Waals surface area contributed by atoms with E-state index in [2.05, 4.69) is 10.9 Å². The van der Waals surface area contributed by atoms with Gasteiger partial charge in [-0.3, -0.25) is 5.43 Å². The molecule has 1 saturated heterocycles. The van der Waals surface area contributed by atoms with E-state index in [4.69, 9.17) is 5.73 Å². The Morgan fingerprint density at radius 1 is 1.05 bits per heavy atom. The highest BCUT2D eigenvalue weighted by Gasteiger charge is 2.40. The van der Waals surface area contributed by atoms with Gasteiger partial charge >= 0.3 is 6.18 Å². The van der Waals surface area contributed by atoms with Crippen molar-refractivity contribution in [3.8, 4) is 0 Å². The van der Waals surface area contributed by atoms with Crippen LogP contribution in [0.2, 0.25) is 0 Å². The van der Waals surface area contributed by atoms with Crippen LogP contribution in [0.5, 0.6) is 0 Å². The normalized spacial score (nSPS) is 34.0. The van der Waals surface area contributed by atoms with E-state index < -0.39 is 11.7 Å². The number of hydrogen-bond acceptors (Lipinski definition) is 3. The van der Waals surface area contributed by atoms with Crippen LogP contribution >= 0.6 is 0 Å². The molecule has 0 spiro atoms. The maximum absolute atomic E-state index is 12.6. The molecule has 4 unspecified atom stereocenters. The average molecular weight is 285 g/mol. The summed E-state index contributed by atoms with van der Waals surface area (Å²) in [6.07, 6.45) is -1.38. The summed E-state index contributed by atoms with van der Waals surface area (Å²) in [7, 11) is 0. The van der Waals surface area contributed by atoms with Crippen LogP contribution in [-0.4, -0.2) is 12.1 Å². The monoisotopic (exact) mass is 285 g/mol. The lowest BCUT2D eigenvalue weighted by atomic mass is 9.77. The largest absolute Gasteiger partial charge is 0.416 e. The molecule has 1 aromatic carbocycles. The maximum Gasteiger partial charge on any atom is 0.416 e. The van der Waals surface area contributed by atoms with Crippen LogP contribution in [-0.2, 0) is 6.18 Å². The minimum Gasteiger partial charge on any atom is -0.328 e. The van der Waals surface area contributed by atoms with E-state index in [-0.39, 0.29) is 12.1 Å². The zero-order valence-electron chi connectivity index (χ0n) is 11.0. The SMILES string of the molecule is NC1CCC2NNC(c3ccc(C(F)(F)F)cc3)C2C1. The Morgan fingerprint density at radius 2 is 1.75 bits per heavy atom. The molecule has 2 fully saturated rings. The van der Waals surface area contributed by atoms with Gasteiger partial charge in [-0.05, 0) is 42.9 Å². The molecule has 1 heterocycles. The third-order valence-electron chi connectivity index (χ3n) is 4.39. The smallest absolute Gasteiger partial charge is 0.328 e. The van der Waals surface area contributed by atoms with Crippen LogP contribution in [0.15, 0.2) is 24.3 Å². The quantitative estimate of drug-likeness (QED) is 0.742. The average Bonchev–Trinajstić information content (AvgIpc) is 2.81. The molecule has 2 aliphatic rings. The van der Waals surface area contributed by atoms with Crippen molar-refractivity contribution in [2.75, 3.05) is 0 Å². The number of nitrogens with two attached hydrogens (primary N) is 1. The molecular formula is C14H18F3N3. The number of halogens is 3. The lowest BCUT2D eigenvalue weighted by Gasteiger charge is -2.31. The van der Waals surface area contributed by atoms with Gasteiger partial charge in [0.2, 0.25) is 0 Å². The molecule has 4 N–H and O–H groups in total. The topological polar surface area (TPSA) is 50.1 Å². The number of fused-ring (bicyclic) bond motifs is 1. The van der Waals surface area contributed by atoms with Gasteiger partial charge in [0.15, 0.2) is 0 Å². The van der Waals surface area contributed by atoms with Crippen LogP contribution in [0.4, 0.5) is 13.2 Å². The van der Waals surface area contributed by atoms with Gasteiger partial charge in [0.25, 0.3) is 0 Å². The Bertz CT molecular complexity index is 472. The minimum absolute atomic E-state index is 0.0358. The van der Waals surface area contributed by atoms with Crippen molar-refractivity contribution in [2.45, 2.75) is 43.6 Å². The summed E-state index contributed by atoms with van der Waals surface area (Å²) >= 11 is 0. The fourth-order valence-corrected chi connectivity index (χ4v) is 3.30. The molecule has 20 heavy (non-hydrogen) atoms. The molecule has 6 heteroatoms. The van der Waals surface area contributed by atoms with Crippen molar-refractivity contribution >= 4 is 0 Å². The second-order valence-corrected chi connectivity index (χ2v) is 5.73. The van der Waals surface area contributed by atoms with E-state index in [0.29, 0.717) is 12.0 Å². The van der Waals surface area contributed by atoms with E-state index >= 15 is 0 Å². The first-order valence-corrected chi connectivity index (χ1v) is 6.89. The van der Waals surface area contributed by atoms with Crippen LogP contribution < -0.4 is 16.6 Å². The van der Waals surface area contributed by atoms with Crippen molar-refractivity contribution < 1.29 is 13.2 Å². The van der Waals surface area contributed by atoms with E-state index in [1.807, 2.05) is 0 Å². The Hall–Kier alpha value is -1.11. The summed E-state index contributed by atoms with van der Waals surface area (Å²) in [4.78, 5) is 0. The number of alkyl halides is 3. The van der Waals surface area contributed by atoms with Crippen LogP contribution in [0, 0.1) is 5.92 Å². The van der Waals surface area contributed by atoms with Gasteiger partial charge in [0.05, 0.1) is 11.6 Å². The van der Waals surface area contributed by atoms with E-state index in [0.717, 1.165) is 37.0 Å². The van der Waals surface area contributed by atoms with E-state index in [9.17, 15) is 13.2 Å². The zero-order valence-corrected chi connectivity index (χ0v) is 11.0. The van der Waals surface area contributed by atoms with E-state index in [1.165, 1.54) is 0 Å². The zero-order chi connectivity index (χ0) is 14.3. The van der Waals surface area contributed by atoms with Gasteiger partial charge in [-0.25, -0.2) is 5.43 Å². The molecule has 4 atom stereocenters. The summed E-state index contributed by atoms with van der Waals surface area (Å²) in [5.41, 5.74) is 12.7. The van der Waals surface area contributed by atoms with Gasteiger partial charge < -0.3 is 5.73 Å². The van der Waals surface area contributed by atoms with Gasteiger partial charge in [-0.15, -0.1) is 0 Å². The molecule has 3 nitrogen and oxygen atoms in total. The second-order valence-electron chi connectivity index (χ2n) is 5.73. The van der Waals surface area contributed by atoms with Crippen molar-refractivity contribution in [1.82, 2.24) is 10.9 Å². The third-order valence-corrected chi connectivity index (χ3v) is 4.39. The van der Waals surface area contributed by atoms with Gasteiger partial charge in [-0.1, -0.05) is 12.1 Å². The molecule has 0 amide bonds. The van der Waals surface area contributed by atoms with Crippen molar-refractivity contribution in [2.24, 2.45) is 11.7 Å². The molecule has 3 rings (SSSR count). The first-order valence-electron chi connectivity index (χ1n) is 6.89. The minimum atomic E-state index is -4.28. The summed E-state index contributed by atoms with van der Waals surface area (Å²) in [6.45, 7) is 0. The Balaban J connectivity index is 1.79. The van der Waals surface area contributed by atoms with Gasteiger partial charge in [0.1, 0.15) is 0 Å². The van der Waals surface area contributed by atoms with Crippen molar-refractivity contribution in [3.63, 3.8) is 0 Å². The van der Waals surface area contributed by atoms with E-state index in [1.54, 1.807) is 12.1 Å². The molecule has 1 aliphatic carbocycles. The molecule has 0 bridgehead atoms. The number of nitrogens with one attached hydrogen (secondary N) is 2. The standard InChI is InChI=1S/C14H18F3N3/c15-14(16,17)9-3-1-8(2-4-9)13-11-7-10(18)5-6-12(11)19-20-13/h1-4,10-13,19-20H,5-7,18H2. The molecule has 1 saturated carbocycles. The Kier molecular flexibility index (Phi) is 3.48. The van der Waals surface area contributed by atoms with Crippen LogP contribution in [0.3, 0.4) is 0 Å². The van der Waals surface area contributed by atoms with Gasteiger partial charge in [0, 0.05) is 12.1 Å². The molecule has 1 aliphatic heterocycles. The first kappa shape index (κ1) is 13.9. The fourth-order valence-electron chi connectivity index (χ4n) is 3.30. The first-order chi connectivity index (χ1) is 9.45. The second kappa shape index (κ2) is 5.02. The lowest BCUT2D eigenvalue weighted by Crippen LogP contribution is -2.39. The molecular weight excluding hydrogens is 267 g/mol. The lowest BCUT2D eigenvalue weighted by molar-refractivity contribution is -0.137. The number of rotatable bonds is 1. The predicted octanol–water partition coefficient (Wildman–Crippen LogP) is 2.35. The molecule has 0 aromatic heterocycles. The molecule has 1 aromatic rings. The predicted molar refractivity (Wildman–Crippen MR) is 69.6 cm³/mol. The summed E-state index contributed by atoms with van der Waals surface area (Å²) in [5, 5.41) is 0. The summed E-state index contributed by atoms with van der Waals surface area (Å²) in [5.74, 6) is 0.343. The summed E-state index contributed by atoms with van der Waals surface area (Å²) < 4.78 is 37.7. The highest BCUT2D eigenvalue weighted by Crippen LogP contribution is 2.38. The summed E-state index contributed by atoms with van der Waals surface area (Å²) in [6, 6.07) is 6.00. The third kappa shape index (κ3) is 2.55.